The van der Waals surface area contributed by atoms with Gasteiger partial charge in [-0.2, -0.15) is 0 Å². The minimum atomic E-state index is -2.41. The minimum Gasteiger partial charge on any atom is -0.462 e. The molecule has 1 unspecified atom stereocenters. The highest BCUT2D eigenvalue weighted by Crippen LogP contribution is 2.34. The van der Waals surface area contributed by atoms with Crippen LogP contribution in [0.1, 0.15) is 33.9 Å². The fraction of sp³-hybridized carbons (Fsp3) is 0.688. The van der Waals surface area contributed by atoms with E-state index in [0.29, 0.717) is 0 Å². The topological polar surface area (TPSA) is 149 Å². The summed E-state index contributed by atoms with van der Waals surface area (Å²) in [5.41, 5.74) is -1.20. The largest absolute Gasteiger partial charge is 0.613 e. The summed E-state index contributed by atoms with van der Waals surface area (Å²) in [6.07, 6.45) is -1.68. The number of carbonyl (C=O) groups is 1. The van der Waals surface area contributed by atoms with Gasteiger partial charge in [-0.05, 0) is 25.3 Å². The molecule has 3 N–H and O–H groups in total. The van der Waals surface area contributed by atoms with Crippen LogP contribution in [-0.4, -0.2) is 51.6 Å². The molecule has 0 aliphatic carbocycles. The summed E-state index contributed by atoms with van der Waals surface area (Å²) in [6.45, 7) is 6.34. The lowest BCUT2D eigenvalue weighted by Gasteiger charge is -2.17. The Morgan fingerprint density at radius 3 is 2.71 bits per heavy atom. The molecule has 0 bridgehead atoms. The van der Waals surface area contributed by atoms with Crippen molar-refractivity contribution < 1.29 is 28.5 Å². The van der Waals surface area contributed by atoms with Crippen LogP contribution in [0, 0.1) is 5.92 Å². The quantitative estimate of drug-likeness (QED) is 0.393. The average Bonchev–Trinajstić information content (AvgIpc) is 2.87. The zero-order valence-corrected chi connectivity index (χ0v) is 16.9. The first-order valence-corrected chi connectivity index (χ1v) is 9.99. The smallest absolute Gasteiger partial charge is 0.462 e. The molecule has 6 atom stereocenters. The van der Waals surface area contributed by atoms with Crippen LogP contribution >= 0.6 is 8.18 Å². The molecular weight excluding hydrogens is 393 g/mol. The highest BCUT2D eigenvalue weighted by Gasteiger charge is 2.44. The Morgan fingerprint density at radius 2 is 2.11 bits per heavy atom. The van der Waals surface area contributed by atoms with Crippen molar-refractivity contribution in [3.8, 4) is 0 Å². The Kier molecular flexibility index (Phi) is 7.62. The molecule has 1 aliphatic heterocycles. The van der Waals surface area contributed by atoms with Crippen molar-refractivity contribution in [3.63, 3.8) is 0 Å². The number of aliphatic hydroxyl groups is 1. The number of nitrogens with one attached hydrogen (secondary N) is 2. The summed E-state index contributed by atoms with van der Waals surface area (Å²) in [4.78, 5) is 36.9. The lowest BCUT2D eigenvalue weighted by atomic mass is 10.0. The van der Waals surface area contributed by atoms with E-state index in [9.17, 15) is 24.1 Å². The van der Waals surface area contributed by atoms with E-state index in [0.717, 1.165) is 4.57 Å². The van der Waals surface area contributed by atoms with Gasteiger partial charge in [-0.15, -0.1) is 4.52 Å². The number of hydrogen-bond acceptors (Lipinski definition) is 8. The third-order valence-corrected chi connectivity index (χ3v) is 5.15. The van der Waals surface area contributed by atoms with E-state index in [1.807, 2.05) is 0 Å². The maximum atomic E-state index is 12.0. The molecule has 0 spiro atoms. The maximum absolute atomic E-state index is 12.0. The number of ether oxygens (including phenoxy) is 2. The highest BCUT2D eigenvalue weighted by molar-refractivity contribution is 7.36. The van der Waals surface area contributed by atoms with E-state index in [-0.39, 0.29) is 12.7 Å². The fourth-order valence-electron chi connectivity index (χ4n) is 2.70. The third kappa shape index (κ3) is 5.55. The summed E-state index contributed by atoms with van der Waals surface area (Å²) >= 11 is 0. The van der Waals surface area contributed by atoms with E-state index in [1.54, 1.807) is 20.8 Å². The minimum absolute atomic E-state index is 0.228. The van der Waals surface area contributed by atoms with Gasteiger partial charge in [-0.3, -0.25) is 19.1 Å². The zero-order chi connectivity index (χ0) is 21.0. The molecule has 28 heavy (non-hydrogen) atoms. The number of aromatic amines is 1. The number of carbonyl (C=O) groups excluding carboxylic acids is 1. The number of aromatic nitrogens is 2. The maximum Gasteiger partial charge on any atom is 0.613 e. The molecular formula is C16H25N3O8P+. The summed E-state index contributed by atoms with van der Waals surface area (Å²) < 4.78 is 29.0. The van der Waals surface area contributed by atoms with Crippen molar-refractivity contribution in [2.24, 2.45) is 5.92 Å². The molecule has 0 saturated carbocycles. The van der Waals surface area contributed by atoms with Gasteiger partial charge in [-0.1, -0.05) is 12.0 Å². The second kappa shape index (κ2) is 9.53. The van der Waals surface area contributed by atoms with Crippen molar-refractivity contribution >= 4 is 14.1 Å². The van der Waals surface area contributed by atoms with Gasteiger partial charge >= 0.3 is 19.8 Å². The number of esters is 1. The van der Waals surface area contributed by atoms with Crippen molar-refractivity contribution in [3.05, 3.63) is 33.1 Å². The van der Waals surface area contributed by atoms with Gasteiger partial charge in [-0.25, -0.2) is 4.79 Å². The predicted molar refractivity (Wildman–Crippen MR) is 97.8 cm³/mol. The molecule has 11 nitrogen and oxygen atoms in total. The molecule has 1 aromatic rings. The van der Waals surface area contributed by atoms with Crippen LogP contribution in [-0.2, 0) is 23.4 Å². The van der Waals surface area contributed by atoms with Crippen LogP contribution in [0.15, 0.2) is 21.9 Å². The summed E-state index contributed by atoms with van der Waals surface area (Å²) in [7, 11) is -2.41. The van der Waals surface area contributed by atoms with Crippen molar-refractivity contribution in [1.29, 1.82) is 0 Å². The van der Waals surface area contributed by atoms with E-state index < -0.39 is 55.8 Å². The molecule has 1 aliphatic rings. The van der Waals surface area contributed by atoms with Crippen LogP contribution in [0.2, 0.25) is 0 Å². The molecule has 0 amide bonds. The SMILES string of the molecule is CC(C)OC(=O)[C@H](C)N[P+](=O)OC[C@H]1O[C@@H](n2ccc(=O)[nH]c2=O)[C@@H](C)[C@@H]1O. The van der Waals surface area contributed by atoms with Crippen LogP contribution < -0.4 is 16.3 Å². The van der Waals surface area contributed by atoms with Crippen LogP contribution in [0.5, 0.6) is 0 Å². The first-order chi connectivity index (χ1) is 13.1. The Bertz CT molecular complexity index is 823. The van der Waals surface area contributed by atoms with Crippen molar-refractivity contribution in [2.75, 3.05) is 6.61 Å². The lowest BCUT2D eigenvalue weighted by molar-refractivity contribution is -0.149. The van der Waals surface area contributed by atoms with Gasteiger partial charge in [0.15, 0.2) is 0 Å². The number of H-pyrrole nitrogens is 1. The van der Waals surface area contributed by atoms with Gasteiger partial charge in [0.1, 0.15) is 25.0 Å². The third-order valence-electron chi connectivity index (χ3n) is 4.17. The number of rotatable bonds is 8. The molecule has 156 valence electrons. The molecule has 1 aromatic heterocycles. The fourth-order valence-corrected chi connectivity index (χ4v) is 3.48. The van der Waals surface area contributed by atoms with E-state index in [1.165, 1.54) is 19.2 Å². The van der Waals surface area contributed by atoms with E-state index in [4.69, 9.17) is 14.0 Å². The second-order valence-corrected chi connectivity index (χ2v) is 7.85. The van der Waals surface area contributed by atoms with Crippen LogP contribution in [0.25, 0.3) is 0 Å². The predicted octanol–water partition coefficient (Wildman–Crippen LogP) is 0.0347. The first kappa shape index (κ1) is 22.4. The number of nitrogens with zero attached hydrogens (tertiary/aromatic N) is 1. The van der Waals surface area contributed by atoms with Crippen molar-refractivity contribution in [2.45, 2.75) is 58.3 Å². The highest BCUT2D eigenvalue weighted by atomic mass is 31.1. The van der Waals surface area contributed by atoms with E-state index >= 15 is 0 Å². The molecule has 2 heterocycles. The van der Waals surface area contributed by atoms with Crippen LogP contribution in [0.4, 0.5) is 0 Å². The molecule has 1 fully saturated rings. The Balaban J connectivity index is 1.92. The lowest BCUT2D eigenvalue weighted by Crippen LogP contribution is -2.34. The zero-order valence-electron chi connectivity index (χ0n) is 16.0. The average molecular weight is 418 g/mol. The summed E-state index contributed by atoms with van der Waals surface area (Å²) in [5.74, 6) is -1.05. The molecule has 0 radical (unpaired) electrons. The molecule has 12 heteroatoms. The van der Waals surface area contributed by atoms with Crippen LogP contribution in [0.3, 0.4) is 0 Å². The van der Waals surface area contributed by atoms with E-state index in [2.05, 4.69) is 10.1 Å². The first-order valence-electron chi connectivity index (χ1n) is 8.82. The summed E-state index contributed by atoms with van der Waals surface area (Å²) in [5, 5.41) is 12.8. The number of hydrogen-bond donors (Lipinski definition) is 3. The standard InChI is InChI=1S/C16H24N3O8P/c1-8(2)26-15(22)10(4)18-28(24)25-7-11-13(21)9(3)14(27-11)19-6-5-12(20)17-16(19)23/h5-6,8-11,13-14,21H,7H2,1-4H3,(H-,17,18,20,23,24)/p+1/t9-,10-,11+,13-,14+/m0/s1. The Morgan fingerprint density at radius 1 is 1.43 bits per heavy atom. The van der Waals surface area contributed by atoms with Crippen molar-refractivity contribution in [1.82, 2.24) is 14.6 Å². The van der Waals surface area contributed by atoms with Gasteiger partial charge in [0.05, 0.1) is 12.2 Å². The summed E-state index contributed by atoms with van der Waals surface area (Å²) in [6, 6.07) is 0.332. The normalized spacial score (nSPS) is 26.3. The monoisotopic (exact) mass is 418 g/mol. The van der Waals surface area contributed by atoms with Gasteiger partial charge in [0, 0.05) is 18.2 Å². The second-order valence-electron chi connectivity index (χ2n) is 6.82. The molecule has 2 rings (SSSR count). The molecule has 0 aromatic carbocycles. The Labute approximate surface area is 161 Å². The Hall–Kier alpha value is -1.91. The molecule has 1 saturated heterocycles. The number of aliphatic hydroxyl groups excluding tert-OH is 1. The van der Waals surface area contributed by atoms with Gasteiger partial charge in [0.25, 0.3) is 5.56 Å². The van der Waals surface area contributed by atoms with Gasteiger partial charge in [0.2, 0.25) is 0 Å². The van der Waals surface area contributed by atoms with Gasteiger partial charge < -0.3 is 14.6 Å².